The van der Waals surface area contributed by atoms with Crippen LogP contribution in [0.1, 0.15) is 18.4 Å². The van der Waals surface area contributed by atoms with Gasteiger partial charge in [0.05, 0.1) is 5.69 Å². The zero-order valence-electron chi connectivity index (χ0n) is 17.5. The molecule has 33 heavy (non-hydrogen) atoms. The predicted octanol–water partition coefficient (Wildman–Crippen LogP) is 5.16. The average molecular weight is 460 g/mol. The summed E-state index contributed by atoms with van der Waals surface area (Å²) in [5.74, 6) is -3.07. The molecule has 1 aliphatic heterocycles. The Kier molecular flexibility index (Phi) is 5.74. The molecule has 1 saturated carbocycles. The van der Waals surface area contributed by atoms with Gasteiger partial charge in [0.25, 0.3) is 0 Å². The lowest BCUT2D eigenvalue weighted by molar-refractivity contribution is 0.291. The maximum atomic E-state index is 14.0. The van der Waals surface area contributed by atoms with E-state index in [0.717, 1.165) is 32.0 Å². The van der Waals surface area contributed by atoms with Crippen LogP contribution in [-0.4, -0.2) is 34.2 Å². The summed E-state index contributed by atoms with van der Waals surface area (Å²) in [4.78, 5) is 2.09. The number of halogens is 5. The highest BCUT2D eigenvalue weighted by Crippen LogP contribution is 2.40. The van der Waals surface area contributed by atoms with Gasteiger partial charge < -0.3 is 5.32 Å². The Bertz CT molecular complexity index is 1140. The van der Waals surface area contributed by atoms with Gasteiger partial charge in [-0.05, 0) is 55.0 Å². The van der Waals surface area contributed by atoms with E-state index in [1.54, 1.807) is 6.07 Å². The second-order valence-corrected chi connectivity index (χ2v) is 8.78. The Morgan fingerprint density at radius 3 is 2.18 bits per heavy atom. The lowest BCUT2D eigenvalue weighted by Gasteiger charge is -2.20. The van der Waals surface area contributed by atoms with Crippen molar-refractivity contribution in [1.29, 1.82) is 0 Å². The molecule has 2 aromatic carbocycles. The van der Waals surface area contributed by atoms with Crippen LogP contribution >= 0.6 is 0 Å². The molecule has 2 fully saturated rings. The van der Waals surface area contributed by atoms with E-state index in [4.69, 9.17) is 0 Å². The monoisotopic (exact) mass is 460 g/mol. The van der Waals surface area contributed by atoms with Crippen LogP contribution in [0.5, 0.6) is 0 Å². The van der Waals surface area contributed by atoms with Gasteiger partial charge in [0.2, 0.25) is 0 Å². The van der Waals surface area contributed by atoms with Gasteiger partial charge in [-0.15, -0.1) is 10.2 Å². The Balaban J connectivity index is 1.19. The average Bonchev–Trinajstić information content (AvgIpc) is 3.32. The third-order valence-electron chi connectivity index (χ3n) is 6.56. The van der Waals surface area contributed by atoms with Gasteiger partial charge in [-0.3, -0.25) is 4.90 Å². The largest absolute Gasteiger partial charge is 0.366 e. The van der Waals surface area contributed by atoms with Gasteiger partial charge in [-0.2, -0.15) is 0 Å². The van der Waals surface area contributed by atoms with Crippen molar-refractivity contribution >= 4 is 5.82 Å². The number of aromatic nitrogens is 2. The number of benzene rings is 2. The van der Waals surface area contributed by atoms with Crippen molar-refractivity contribution < 1.29 is 22.0 Å². The van der Waals surface area contributed by atoms with Crippen molar-refractivity contribution in [3.8, 4) is 11.3 Å². The number of hydrogen-bond acceptors (Lipinski definition) is 4. The van der Waals surface area contributed by atoms with Crippen molar-refractivity contribution in [2.75, 3.05) is 18.4 Å². The number of fused-ring (bicyclic) bond motifs is 1. The van der Waals surface area contributed by atoms with Crippen molar-refractivity contribution in [3.05, 3.63) is 77.1 Å². The maximum Gasteiger partial charge on any atom is 0.168 e. The summed E-state index contributed by atoms with van der Waals surface area (Å²) in [6.45, 7) is 1.80. The summed E-state index contributed by atoms with van der Waals surface area (Å²) in [5.41, 5.74) is -0.138. The fourth-order valence-electron chi connectivity index (χ4n) is 5.06. The van der Waals surface area contributed by atoms with E-state index in [0.29, 0.717) is 23.7 Å². The first-order valence-electron chi connectivity index (χ1n) is 10.8. The Morgan fingerprint density at radius 1 is 0.848 bits per heavy atom. The Morgan fingerprint density at radius 2 is 1.55 bits per heavy atom. The second-order valence-electron chi connectivity index (χ2n) is 8.78. The molecule has 1 N–H and O–H groups in total. The van der Waals surface area contributed by atoms with E-state index < -0.39 is 29.1 Å². The minimum atomic E-state index is -1.28. The molecule has 0 bridgehead atoms. The first-order valence-corrected chi connectivity index (χ1v) is 10.8. The van der Waals surface area contributed by atoms with Gasteiger partial charge in [-0.1, -0.05) is 6.07 Å². The summed E-state index contributed by atoms with van der Waals surface area (Å²) >= 11 is 0. The van der Waals surface area contributed by atoms with Crippen molar-refractivity contribution in [2.24, 2.45) is 11.8 Å². The molecule has 9 heteroatoms. The fourth-order valence-corrected chi connectivity index (χ4v) is 5.06. The van der Waals surface area contributed by atoms with E-state index in [1.165, 1.54) is 24.3 Å². The van der Waals surface area contributed by atoms with Crippen LogP contribution in [0.2, 0.25) is 0 Å². The zero-order chi connectivity index (χ0) is 23.1. The highest BCUT2D eigenvalue weighted by molar-refractivity contribution is 5.60. The number of nitrogens with one attached hydrogen (secondary N) is 1. The minimum absolute atomic E-state index is 0.0377. The van der Waals surface area contributed by atoms with Crippen LogP contribution in [0, 0.1) is 40.9 Å². The lowest BCUT2D eigenvalue weighted by atomic mass is 10.0. The molecule has 2 aliphatic rings. The summed E-state index contributed by atoms with van der Waals surface area (Å²) in [6.07, 6.45) is 1.77. The van der Waals surface area contributed by atoms with E-state index in [-0.39, 0.29) is 29.4 Å². The predicted molar refractivity (Wildman–Crippen MR) is 113 cm³/mol. The number of hydrogen-bond donors (Lipinski definition) is 1. The third-order valence-corrected chi connectivity index (χ3v) is 6.56. The highest BCUT2D eigenvalue weighted by atomic mass is 19.2. The maximum absolute atomic E-state index is 14.0. The van der Waals surface area contributed by atoms with Crippen LogP contribution in [0.25, 0.3) is 11.3 Å². The SMILES string of the molecule is Fc1cc(F)c(F)c(-c2ccc(N[C@H]3C[C@@H]4CN(Cc5c(F)cccc5F)C[C@@H]4C3)nn2)c1. The third kappa shape index (κ3) is 4.42. The number of rotatable bonds is 5. The molecule has 0 unspecified atom stereocenters. The molecular weight excluding hydrogens is 439 g/mol. The van der Waals surface area contributed by atoms with E-state index in [2.05, 4.69) is 20.4 Å². The smallest absolute Gasteiger partial charge is 0.168 e. The molecule has 1 aliphatic carbocycles. The van der Waals surface area contributed by atoms with Gasteiger partial charge >= 0.3 is 0 Å². The molecule has 5 rings (SSSR count). The molecule has 0 spiro atoms. The molecular formula is C24H21F5N4. The quantitative estimate of drug-likeness (QED) is 0.422. The van der Waals surface area contributed by atoms with Gasteiger partial charge in [0, 0.05) is 42.9 Å². The van der Waals surface area contributed by atoms with E-state index in [1.807, 2.05) is 0 Å². The van der Waals surface area contributed by atoms with Gasteiger partial charge in [0.15, 0.2) is 11.6 Å². The molecule has 2 heterocycles. The first-order chi connectivity index (χ1) is 15.9. The van der Waals surface area contributed by atoms with Crippen LogP contribution in [0.4, 0.5) is 27.8 Å². The normalized spacial score (nSPS) is 22.5. The summed E-state index contributed by atoms with van der Waals surface area (Å²) < 4.78 is 68.8. The summed E-state index contributed by atoms with van der Waals surface area (Å²) in [6, 6.07) is 8.52. The second kappa shape index (κ2) is 8.70. The highest BCUT2D eigenvalue weighted by Gasteiger charge is 2.41. The Labute approximate surface area is 187 Å². The van der Waals surface area contributed by atoms with Crippen LogP contribution in [0.3, 0.4) is 0 Å². The fraction of sp³-hybridized carbons (Fsp3) is 0.333. The molecule has 4 nitrogen and oxygen atoms in total. The molecule has 0 amide bonds. The topological polar surface area (TPSA) is 41.0 Å². The van der Waals surface area contributed by atoms with Crippen LogP contribution in [-0.2, 0) is 6.54 Å². The van der Waals surface area contributed by atoms with E-state index in [9.17, 15) is 22.0 Å². The first kappa shape index (κ1) is 21.8. The van der Waals surface area contributed by atoms with Crippen molar-refractivity contribution in [3.63, 3.8) is 0 Å². The number of nitrogens with zero attached hydrogens (tertiary/aromatic N) is 3. The van der Waals surface area contributed by atoms with E-state index >= 15 is 0 Å². The lowest BCUT2D eigenvalue weighted by Crippen LogP contribution is -2.26. The molecule has 0 radical (unpaired) electrons. The molecule has 3 aromatic rings. The Hall–Kier alpha value is -3.07. The molecule has 1 aromatic heterocycles. The molecule has 3 atom stereocenters. The minimum Gasteiger partial charge on any atom is -0.366 e. The standard InChI is InChI=1S/C24H21F5N4/c25-15-8-17(24(29)21(28)9-15)22-4-5-23(32-31-22)30-16-6-13-10-33(11-14(13)7-16)12-18-19(26)2-1-3-20(18)27/h1-5,8-9,13-14,16H,6-7,10-12H2,(H,30,32)/t13-,14+,16+. The van der Waals surface area contributed by atoms with Crippen molar-refractivity contribution in [1.82, 2.24) is 15.1 Å². The van der Waals surface area contributed by atoms with Crippen LogP contribution in [0.15, 0.2) is 42.5 Å². The zero-order valence-corrected chi connectivity index (χ0v) is 17.5. The van der Waals surface area contributed by atoms with Crippen LogP contribution < -0.4 is 5.32 Å². The van der Waals surface area contributed by atoms with Gasteiger partial charge in [0.1, 0.15) is 23.3 Å². The number of likely N-dealkylation sites (tertiary alicyclic amines) is 1. The van der Waals surface area contributed by atoms with Gasteiger partial charge in [-0.25, -0.2) is 22.0 Å². The summed E-state index contributed by atoms with van der Waals surface area (Å²) in [7, 11) is 0. The molecule has 172 valence electrons. The molecule has 1 saturated heterocycles. The van der Waals surface area contributed by atoms with Crippen molar-refractivity contribution in [2.45, 2.75) is 25.4 Å². The summed E-state index contributed by atoms with van der Waals surface area (Å²) in [5, 5.41) is 11.3. The number of anilines is 1.